The Balaban J connectivity index is 1.91. The molecule has 3 heterocycles. The second kappa shape index (κ2) is 7.16. The maximum atomic E-state index is 12.7. The molecule has 0 saturated carbocycles. The number of nitrogens with zero attached hydrogens (tertiary/aromatic N) is 4. The van der Waals surface area contributed by atoms with Crippen LogP contribution in [0.4, 0.5) is 13.2 Å². The molecule has 150 valence electrons. The van der Waals surface area contributed by atoms with Crippen LogP contribution < -0.4 is 5.69 Å². The van der Waals surface area contributed by atoms with Crippen LogP contribution in [-0.4, -0.2) is 37.0 Å². The SMILES string of the molecule is Cn1c(=O)n(CC(C)(C)C)c2ccc(C3CCCN(SC(F)(F)F)C3)nc21. The van der Waals surface area contributed by atoms with Crippen molar-refractivity contribution < 1.29 is 13.2 Å². The smallest absolute Gasteiger partial charge is 0.290 e. The summed E-state index contributed by atoms with van der Waals surface area (Å²) in [7, 11) is 1.69. The molecule has 0 aromatic carbocycles. The maximum absolute atomic E-state index is 12.7. The average molecular weight is 402 g/mol. The Bertz CT molecular complexity index is 882. The van der Waals surface area contributed by atoms with Gasteiger partial charge in [-0.1, -0.05) is 20.8 Å². The van der Waals surface area contributed by atoms with E-state index in [9.17, 15) is 18.0 Å². The van der Waals surface area contributed by atoms with Gasteiger partial charge in [-0.2, -0.15) is 13.2 Å². The van der Waals surface area contributed by atoms with Gasteiger partial charge < -0.3 is 0 Å². The third kappa shape index (κ3) is 4.68. The second-order valence-corrected chi connectivity index (χ2v) is 9.49. The molecular formula is C18H25F3N4OS. The van der Waals surface area contributed by atoms with Gasteiger partial charge in [0.2, 0.25) is 0 Å². The predicted molar refractivity (Wildman–Crippen MR) is 102 cm³/mol. The summed E-state index contributed by atoms with van der Waals surface area (Å²) in [5.41, 5.74) is -2.36. The van der Waals surface area contributed by atoms with Gasteiger partial charge in [-0.3, -0.25) is 9.13 Å². The molecule has 0 bridgehead atoms. The van der Waals surface area contributed by atoms with Crippen LogP contribution in [0, 0.1) is 5.41 Å². The first-order valence-electron chi connectivity index (χ1n) is 9.01. The van der Waals surface area contributed by atoms with Crippen LogP contribution in [0.25, 0.3) is 11.2 Å². The fourth-order valence-electron chi connectivity index (χ4n) is 3.56. The van der Waals surface area contributed by atoms with Crippen LogP contribution in [-0.2, 0) is 13.6 Å². The normalized spacial score (nSPS) is 19.7. The Hall–Kier alpha value is -1.48. The highest BCUT2D eigenvalue weighted by Gasteiger charge is 2.35. The summed E-state index contributed by atoms with van der Waals surface area (Å²) >= 11 is -0.0580. The molecule has 0 spiro atoms. The van der Waals surface area contributed by atoms with Crippen LogP contribution in [0.5, 0.6) is 0 Å². The number of imidazole rings is 1. The Labute approximate surface area is 160 Å². The Kier molecular flexibility index (Phi) is 5.37. The molecule has 0 radical (unpaired) electrons. The first kappa shape index (κ1) is 20.3. The summed E-state index contributed by atoms with van der Waals surface area (Å²) in [6.45, 7) is 7.49. The molecule has 3 rings (SSSR count). The maximum Gasteiger partial charge on any atom is 0.456 e. The lowest BCUT2D eigenvalue weighted by molar-refractivity contribution is -0.0366. The first-order chi connectivity index (χ1) is 12.4. The van der Waals surface area contributed by atoms with Crippen molar-refractivity contribution in [3.8, 4) is 0 Å². The molecule has 27 heavy (non-hydrogen) atoms. The van der Waals surface area contributed by atoms with E-state index in [1.807, 2.05) is 12.1 Å². The minimum atomic E-state index is -4.27. The number of hydrogen-bond donors (Lipinski definition) is 0. The highest BCUT2D eigenvalue weighted by molar-refractivity contribution is 7.97. The van der Waals surface area contributed by atoms with Crippen molar-refractivity contribution in [2.75, 3.05) is 13.1 Å². The summed E-state index contributed by atoms with van der Waals surface area (Å²) in [5.74, 6) is -0.0703. The summed E-state index contributed by atoms with van der Waals surface area (Å²) < 4.78 is 42.6. The lowest BCUT2D eigenvalue weighted by atomic mass is 9.95. The fraction of sp³-hybridized carbons (Fsp3) is 0.667. The van der Waals surface area contributed by atoms with Gasteiger partial charge in [0.25, 0.3) is 0 Å². The van der Waals surface area contributed by atoms with Gasteiger partial charge in [0.1, 0.15) is 0 Å². The number of piperidine rings is 1. The van der Waals surface area contributed by atoms with Crippen molar-refractivity contribution >= 4 is 23.1 Å². The summed E-state index contributed by atoms with van der Waals surface area (Å²) in [6.07, 6.45) is 1.49. The van der Waals surface area contributed by atoms with Gasteiger partial charge in [0, 0.05) is 50.2 Å². The van der Waals surface area contributed by atoms with E-state index in [1.54, 1.807) is 11.6 Å². The molecule has 2 aromatic heterocycles. The van der Waals surface area contributed by atoms with Crippen molar-refractivity contribution in [2.24, 2.45) is 12.5 Å². The monoisotopic (exact) mass is 402 g/mol. The van der Waals surface area contributed by atoms with Gasteiger partial charge in [-0.05, 0) is 30.4 Å². The number of pyridine rings is 1. The van der Waals surface area contributed by atoms with Gasteiger partial charge in [0.15, 0.2) is 5.65 Å². The van der Waals surface area contributed by atoms with E-state index >= 15 is 0 Å². The third-order valence-corrected chi connectivity index (χ3v) is 5.47. The molecule has 1 atom stereocenters. The van der Waals surface area contributed by atoms with E-state index in [0.29, 0.717) is 31.7 Å². The molecule has 1 aliphatic heterocycles. The van der Waals surface area contributed by atoms with Crippen molar-refractivity contribution in [1.29, 1.82) is 0 Å². The highest BCUT2D eigenvalue weighted by Crippen LogP contribution is 2.38. The molecule has 1 unspecified atom stereocenters. The zero-order valence-corrected chi connectivity index (χ0v) is 16.8. The number of aryl methyl sites for hydroxylation is 1. The van der Waals surface area contributed by atoms with E-state index in [0.717, 1.165) is 17.6 Å². The van der Waals surface area contributed by atoms with Crippen LogP contribution in [0.15, 0.2) is 16.9 Å². The number of halogens is 3. The molecule has 1 fully saturated rings. The summed E-state index contributed by atoms with van der Waals surface area (Å²) in [5, 5.41) is 0. The molecule has 0 amide bonds. The number of rotatable bonds is 3. The standard InChI is InChI=1S/C18H25F3N4OS/c1-17(2,3)11-25-14-8-7-13(22-15(14)23(4)16(25)26)12-6-5-9-24(10-12)27-18(19,20)21/h7-8,12H,5-6,9-11H2,1-4H3. The number of alkyl halides is 3. The molecular weight excluding hydrogens is 377 g/mol. The topological polar surface area (TPSA) is 43.1 Å². The minimum Gasteiger partial charge on any atom is -0.290 e. The van der Waals surface area contributed by atoms with Crippen LogP contribution in [0.3, 0.4) is 0 Å². The fourth-order valence-corrected chi connectivity index (χ4v) is 4.32. The van der Waals surface area contributed by atoms with Crippen LogP contribution in [0.1, 0.15) is 45.2 Å². The van der Waals surface area contributed by atoms with Crippen molar-refractivity contribution in [3.63, 3.8) is 0 Å². The van der Waals surface area contributed by atoms with Gasteiger partial charge in [-0.15, -0.1) is 0 Å². The Morgan fingerprint density at radius 2 is 1.96 bits per heavy atom. The average Bonchev–Trinajstić information content (AvgIpc) is 2.77. The number of hydrogen-bond acceptors (Lipinski definition) is 4. The molecule has 0 aliphatic carbocycles. The van der Waals surface area contributed by atoms with E-state index in [-0.39, 0.29) is 29.0 Å². The van der Waals surface area contributed by atoms with Crippen LogP contribution >= 0.6 is 11.9 Å². The molecule has 9 heteroatoms. The number of aromatic nitrogens is 3. The van der Waals surface area contributed by atoms with E-state index < -0.39 is 5.51 Å². The highest BCUT2D eigenvalue weighted by atomic mass is 32.2. The third-order valence-electron chi connectivity index (χ3n) is 4.67. The lowest BCUT2D eigenvalue weighted by Gasteiger charge is -2.31. The summed E-state index contributed by atoms with van der Waals surface area (Å²) in [4.78, 5) is 17.3. The second-order valence-electron chi connectivity index (χ2n) is 8.33. The van der Waals surface area contributed by atoms with E-state index in [2.05, 4.69) is 25.8 Å². The largest absolute Gasteiger partial charge is 0.456 e. The first-order valence-corrected chi connectivity index (χ1v) is 9.79. The Morgan fingerprint density at radius 3 is 2.59 bits per heavy atom. The van der Waals surface area contributed by atoms with Crippen molar-refractivity contribution in [1.82, 2.24) is 18.4 Å². The predicted octanol–water partition coefficient (Wildman–Crippen LogP) is 4.13. The van der Waals surface area contributed by atoms with Gasteiger partial charge >= 0.3 is 11.2 Å². The minimum absolute atomic E-state index is 0.0580. The lowest BCUT2D eigenvalue weighted by Crippen LogP contribution is -2.32. The van der Waals surface area contributed by atoms with Gasteiger partial charge in [0.05, 0.1) is 5.52 Å². The van der Waals surface area contributed by atoms with E-state index in [1.165, 1.54) is 8.87 Å². The summed E-state index contributed by atoms with van der Waals surface area (Å²) in [6, 6.07) is 3.73. The Morgan fingerprint density at radius 1 is 1.26 bits per heavy atom. The zero-order valence-electron chi connectivity index (χ0n) is 16.0. The molecule has 2 aromatic rings. The van der Waals surface area contributed by atoms with Crippen LogP contribution in [0.2, 0.25) is 0 Å². The molecule has 1 aliphatic rings. The molecule has 0 N–H and O–H groups in total. The quantitative estimate of drug-likeness (QED) is 0.724. The number of fused-ring (bicyclic) bond motifs is 1. The zero-order chi connectivity index (χ0) is 20.0. The van der Waals surface area contributed by atoms with E-state index in [4.69, 9.17) is 0 Å². The molecule has 5 nitrogen and oxygen atoms in total. The molecule has 1 saturated heterocycles. The van der Waals surface area contributed by atoms with Crippen molar-refractivity contribution in [3.05, 3.63) is 28.3 Å². The van der Waals surface area contributed by atoms with Gasteiger partial charge in [-0.25, -0.2) is 14.1 Å². The van der Waals surface area contributed by atoms with Crippen molar-refractivity contribution in [2.45, 2.75) is 51.6 Å².